The summed E-state index contributed by atoms with van der Waals surface area (Å²) in [5.41, 5.74) is 5.63. The van der Waals surface area contributed by atoms with Crippen LogP contribution in [0.1, 0.15) is 19.2 Å². The Kier molecular flexibility index (Phi) is 13.5. The molecule has 4 aromatic carbocycles. The first kappa shape index (κ1) is 40.8. The number of hydrogen-bond acceptors (Lipinski definition) is 8. The number of ether oxygens (including phenoxy) is 2. The van der Waals surface area contributed by atoms with E-state index in [0.717, 1.165) is 34.2 Å². The van der Waals surface area contributed by atoms with Gasteiger partial charge in [-0.3, -0.25) is 4.90 Å². The molecule has 1 aromatic heterocycles. The van der Waals surface area contributed by atoms with Crippen molar-refractivity contribution >= 4 is 69.9 Å². The molecule has 54 heavy (non-hydrogen) atoms. The van der Waals surface area contributed by atoms with Gasteiger partial charge in [-0.05, 0) is 71.7 Å². The number of fused-ring (bicyclic) bond motifs is 2. The number of allylic oxidation sites excluding steroid dienone is 2. The van der Waals surface area contributed by atoms with Crippen molar-refractivity contribution < 1.29 is 31.4 Å². The zero-order valence-corrected chi connectivity index (χ0v) is 34.3. The Morgan fingerprint density at radius 1 is 0.963 bits per heavy atom. The zero-order valence-electron chi connectivity index (χ0n) is 30.9. The van der Waals surface area contributed by atoms with E-state index in [0.29, 0.717) is 52.4 Å². The third-order valence-corrected chi connectivity index (χ3v) is 10.8. The summed E-state index contributed by atoms with van der Waals surface area (Å²) >= 11 is 12.4. The Morgan fingerprint density at radius 3 is 2.33 bits per heavy atom. The molecule has 0 aliphatic carbocycles. The summed E-state index contributed by atoms with van der Waals surface area (Å²) in [6.45, 7) is 16.4. The molecule has 0 saturated carbocycles. The molecule has 13 heteroatoms. The van der Waals surface area contributed by atoms with Crippen LogP contribution in [-0.2, 0) is 20.7 Å². The molecule has 5 aromatic rings. The molecule has 0 spiro atoms. The molecular weight excluding hydrogens is 762 g/mol. The molecule has 0 amide bonds. The van der Waals surface area contributed by atoms with E-state index in [1.165, 1.54) is 4.57 Å². The fraction of sp³-hybridized carbons (Fsp3) is 0.244. The molecule has 2 heterocycles. The smallest absolute Gasteiger partial charge is 0.375 e. The maximum absolute atomic E-state index is 11.9. The molecule has 0 saturated heterocycles. The number of aromatic nitrogens is 1. The highest BCUT2D eigenvalue weighted by Crippen LogP contribution is 2.42. The summed E-state index contributed by atoms with van der Waals surface area (Å²) in [5, 5.41) is 1.09. The van der Waals surface area contributed by atoms with Crippen molar-refractivity contribution in [1.29, 1.82) is 0 Å². The molecule has 1 aliphatic rings. The van der Waals surface area contributed by atoms with Gasteiger partial charge in [-0.1, -0.05) is 86.2 Å². The van der Waals surface area contributed by atoms with Gasteiger partial charge in [-0.15, -0.1) is 17.7 Å². The lowest BCUT2D eigenvalue weighted by Crippen LogP contribution is -2.42. The zero-order chi connectivity index (χ0) is 39.0. The van der Waals surface area contributed by atoms with Gasteiger partial charge in [-0.25, -0.2) is 8.42 Å². The lowest BCUT2D eigenvalue weighted by atomic mass is 10.0. The molecule has 1 aliphatic heterocycles. The highest BCUT2D eigenvalue weighted by atomic mass is 35.5. The van der Waals surface area contributed by atoms with Crippen molar-refractivity contribution in [1.82, 2.24) is 0 Å². The Balaban J connectivity index is 0.00000276. The molecule has 0 fully saturated rings. The second-order valence-corrected chi connectivity index (χ2v) is 21.5. The number of benzene rings is 4. The largest absolute Gasteiger partial charge is 0.743 e. The van der Waals surface area contributed by atoms with E-state index >= 15 is 0 Å². The molecule has 6 rings (SSSR count). The molecule has 0 N–H and O–H groups in total. The number of rotatable bonds is 14. The van der Waals surface area contributed by atoms with E-state index in [2.05, 4.69) is 55.9 Å². The average Bonchev–Trinajstić information content (AvgIpc) is 3.65. The maximum atomic E-state index is 11.9. The second-order valence-electron chi connectivity index (χ2n) is 13.8. The molecule has 0 radical (unpaired) electrons. The van der Waals surface area contributed by atoms with E-state index < -0.39 is 24.1 Å². The molecule has 0 atom stereocenters. The lowest BCUT2D eigenvalue weighted by Gasteiger charge is -2.31. The highest BCUT2D eigenvalue weighted by molar-refractivity contribution is 7.84. The summed E-state index contributed by atoms with van der Waals surface area (Å²) in [6.07, 6.45) is 5.10. The van der Waals surface area contributed by atoms with Crippen LogP contribution in [0.4, 0.5) is 11.4 Å². The van der Waals surface area contributed by atoms with Crippen molar-refractivity contribution in [2.45, 2.75) is 38.9 Å². The second kappa shape index (κ2) is 17.8. The fourth-order valence-corrected chi connectivity index (χ4v) is 8.40. The molecule has 0 bridgehead atoms. The van der Waals surface area contributed by atoms with Crippen LogP contribution in [0.5, 0.6) is 5.75 Å². The SMILES string of the molecule is C=C.CCC(=Cc1oc2ccc(Cl)cc2[n+]1CS(=O)(=O)[O-])C=C1Oc2ccc(-c3ccccc3)cc2N1COCCN(C[Si](C)(C)C)c1ccc(Cl)cc1. The van der Waals surface area contributed by atoms with E-state index in [1.807, 2.05) is 72.5 Å². The van der Waals surface area contributed by atoms with Crippen LogP contribution in [0.25, 0.3) is 28.3 Å². The van der Waals surface area contributed by atoms with Crippen molar-refractivity contribution in [3.8, 4) is 16.9 Å². The van der Waals surface area contributed by atoms with Crippen LogP contribution < -0.4 is 19.1 Å². The van der Waals surface area contributed by atoms with E-state index in [4.69, 9.17) is 37.1 Å². The average molecular weight is 807 g/mol. The molecule has 0 unspecified atom stereocenters. The normalized spacial score (nSPS) is 13.8. The van der Waals surface area contributed by atoms with Gasteiger partial charge in [0.2, 0.25) is 17.3 Å². The first-order valence-corrected chi connectivity index (χ1v) is 23.5. The Hall–Kier alpha value is -4.36. The summed E-state index contributed by atoms with van der Waals surface area (Å²) < 4.78 is 55.9. The minimum Gasteiger partial charge on any atom is -0.743 e. The van der Waals surface area contributed by atoms with Gasteiger partial charge in [0.05, 0.1) is 26.4 Å². The molecule has 9 nitrogen and oxygen atoms in total. The van der Waals surface area contributed by atoms with Crippen molar-refractivity contribution in [3.63, 3.8) is 0 Å². The number of anilines is 2. The topological polar surface area (TPSA) is 99.2 Å². The van der Waals surface area contributed by atoms with Crippen LogP contribution in [0.3, 0.4) is 0 Å². The van der Waals surface area contributed by atoms with E-state index in [1.54, 1.807) is 24.3 Å². The summed E-state index contributed by atoms with van der Waals surface area (Å²) in [5.74, 6) is 0.596. The fourth-order valence-electron chi connectivity index (χ4n) is 6.04. The number of hydrogen-bond donors (Lipinski definition) is 0. The van der Waals surface area contributed by atoms with Crippen LogP contribution in [-0.4, -0.2) is 47.1 Å². The minimum atomic E-state index is -4.65. The Labute approximate surface area is 329 Å². The van der Waals surface area contributed by atoms with Crippen molar-refractivity contribution in [2.75, 3.05) is 35.9 Å². The predicted molar refractivity (Wildman–Crippen MR) is 222 cm³/mol. The van der Waals surface area contributed by atoms with Crippen molar-refractivity contribution in [3.05, 3.63) is 138 Å². The van der Waals surface area contributed by atoms with Gasteiger partial charge in [0.15, 0.2) is 15.9 Å². The highest BCUT2D eigenvalue weighted by Gasteiger charge is 2.29. The van der Waals surface area contributed by atoms with Crippen LogP contribution >= 0.6 is 23.2 Å². The van der Waals surface area contributed by atoms with Crippen molar-refractivity contribution in [2.24, 2.45) is 0 Å². The number of halogens is 2. The van der Waals surface area contributed by atoms with Gasteiger partial charge < -0.3 is 23.3 Å². The molecule has 284 valence electrons. The lowest BCUT2D eigenvalue weighted by molar-refractivity contribution is -0.658. The predicted octanol–water partition coefficient (Wildman–Crippen LogP) is 9.89. The standard InChI is InChI=1S/C39H41Cl2N3O6SSi.C2H4/c1-5-28(22-39-44(26-51(45,46)47)35-24-32(41)14-18-37(35)50-39)21-38-43(34-23-30(11-17-36(34)49-38)29-9-7-6-8-10-29)25-48-20-19-42(27-52(2,3)4)33-15-12-31(40)13-16-33;1-2/h6-18,21-24H,5,19-20,25-27H2,1-4H3;1-2H2. The van der Waals surface area contributed by atoms with Crippen LogP contribution in [0.15, 0.2) is 126 Å². The van der Waals surface area contributed by atoms with Crippen LogP contribution in [0, 0.1) is 0 Å². The molecular formula is C41H45Cl2N3O6SSi. The van der Waals surface area contributed by atoms with Gasteiger partial charge >= 0.3 is 5.89 Å². The number of nitrogens with zero attached hydrogens (tertiary/aromatic N) is 3. The van der Waals surface area contributed by atoms with Gasteiger partial charge in [0.1, 0.15) is 6.73 Å². The summed E-state index contributed by atoms with van der Waals surface area (Å²) in [6, 6.07) is 29.0. The Morgan fingerprint density at radius 2 is 1.67 bits per heavy atom. The first-order chi connectivity index (χ1) is 25.8. The first-order valence-electron chi connectivity index (χ1n) is 17.5. The van der Waals surface area contributed by atoms with Gasteiger partial charge in [-0.2, -0.15) is 0 Å². The van der Waals surface area contributed by atoms with Gasteiger partial charge in [0, 0.05) is 40.6 Å². The minimum absolute atomic E-state index is 0.194. The van der Waals surface area contributed by atoms with Gasteiger partial charge in [0.25, 0.3) is 5.52 Å². The Bertz CT molecular complexity index is 2240. The monoisotopic (exact) mass is 805 g/mol. The van der Waals surface area contributed by atoms with E-state index in [9.17, 15) is 13.0 Å². The van der Waals surface area contributed by atoms with Crippen LogP contribution in [0.2, 0.25) is 29.7 Å². The summed E-state index contributed by atoms with van der Waals surface area (Å²) in [7, 11) is -6.11. The third kappa shape index (κ3) is 10.6. The third-order valence-electron chi connectivity index (χ3n) is 8.43. The van der Waals surface area contributed by atoms with E-state index in [-0.39, 0.29) is 12.6 Å². The quantitative estimate of drug-likeness (QED) is 0.0360. The number of oxazole rings is 1. The maximum Gasteiger partial charge on any atom is 0.375 e. The summed E-state index contributed by atoms with van der Waals surface area (Å²) in [4.78, 5) is 4.35.